The molecule has 7 unspecified atom stereocenters. The highest BCUT2D eigenvalue weighted by molar-refractivity contribution is 5.77. The molecule has 0 aromatic heterocycles. The first-order valence-electron chi connectivity index (χ1n) is 23.0. The number of carbonyl (C=O) groups excluding carboxylic acids is 3. The standard InChI is InChI=1S/C48H82N2O6/c1-7-9-10-11-12-13-14-15-16-17-18-19-20-21-22-23-45(54)50-30-28-39(29-31-50)49-44(53)35-41(52)34-40(51)26-27-42-37(4)24-25-38-32-36(3)33-43(46(38)42)56-47(55)48(5,6)8-2/h15-16,24-25,32,36-37,39-43,46,51-52H,7-14,17-23,26-31,33-35H2,1-6H3,(H,49,53). The van der Waals surface area contributed by atoms with E-state index in [-0.39, 0.29) is 60.5 Å². The number of amides is 2. The fourth-order valence-corrected chi connectivity index (χ4v) is 8.84. The van der Waals surface area contributed by atoms with Gasteiger partial charge in [-0.15, -0.1) is 0 Å². The van der Waals surface area contributed by atoms with Gasteiger partial charge >= 0.3 is 5.97 Å². The Bertz CT molecular complexity index is 1250. The Morgan fingerprint density at radius 2 is 1.54 bits per heavy atom. The highest BCUT2D eigenvalue weighted by Crippen LogP contribution is 2.45. The third-order valence-corrected chi connectivity index (χ3v) is 13.0. The van der Waals surface area contributed by atoms with Crippen LogP contribution in [0.5, 0.6) is 0 Å². The second-order valence-electron chi connectivity index (χ2n) is 18.4. The lowest BCUT2D eigenvalue weighted by Crippen LogP contribution is -2.47. The zero-order valence-corrected chi connectivity index (χ0v) is 36.5. The summed E-state index contributed by atoms with van der Waals surface area (Å²) in [4.78, 5) is 40.7. The number of nitrogens with zero attached hydrogens (tertiary/aromatic N) is 1. The van der Waals surface area contributed by atoms with E-state index in [1.165, 1.54) is 76.2 Å². The first-order valence-corrected chi connectivity index (χ1v) is 23.0. The number of aliphatic hydroxyl groups excluding tert-OH is 2. The number of carbonyl (C=O) groups is 3. The molecule has 320 valence electrons. The van der Waals surface area contributed by atoms with Crippen molar-refractivity contribution < 1.29 is 29.3 Å². The maximum Gasteiger partial charge on any atom is 0.311 e. The van der Waals surface area contributed by atoms with E-state index in [2.05, 4.69) is 56.5 Å². The number of ether oxygens (including phenoxy) is 1. The summed E-state index contributed by atoms with van der Waals surface area (Å²) in [5.74, 6) is 0.732. The Kier molecular flexibility index (Phi) is 22.1. The number of nitrogens with one attached hydrogen (secondary N) is 1. The largest absolute Gasteiger partial charge is 0.461 e. The number of esters is 1. The van der Waals surface area contributed by atoms with Gasteiger partial charge in [-0.25, -0.2) is 0 Å². The topological polar surface area (TPSA) is 116 Å². The average Bonchev–Trinajstić information content (AvgIpc) is 3.16. The van der Waals surface area contributed by atoms with Crippen LogP contribution in [-0.4, -0.2) is 70.3 Å². The fraction of sp³-hybridized carbons (Fsp3) is 0.812. The van der Waals surface area contributed by atoms with E-state index in [9.17, 15) is 24.6 Å². The normalized spacial score (nSPS) is 24.1. The number of piperidine rings is 1. The smallest absolute Gasteiger partial charge is 0.311 e. The van der Waals surface area contributed by atoms with Gasteiger partial charge in [-0.2, -0.15) is 0 Å². The van der Waals surface area contributed by atoms with Crippen molar-refractivity contribution in [2.24, 2.45) is 29.1 Å². The number of unbranched alkanes of at least 4 members (excludes halogenated alkanes) is 11. The molecule has 2 amide bonds. The highest BCUT2D eigenvalue weighted by atomic mass is 16.5. The van der Waals surface area contributed by atoms with Gasteiger partial charge in [0, 0.05) is 31.5 Å². The summed E-state index contributed by atoms with van der Waals surface area (Å²) in [6.07, 6.45) is 30.6. The van der Waals surface area contributed by atoms with Crippen LogP contribution >= 0.6 is 0 Å². The number of aliphatic hydroxyl groups is 2. The maximum atomic E-state index is 13.1. The van der Waals surface area contributed by atoms with Crippen LogP contribution in [0.2, 0.25) is 0 Å². The predicted molar refractivity (Wildman–Crippen MR) is 229 cm³/mol. The molecule has 8 heteroatoms. The van der Waals surface area contributed by atoms with Crippen molar-refractivity contribution in [3.63, 3.8) is 0 Å². The van der Waals surface area contributed by atoms with Crippen LogP contribution in [0.1, 0.15) is 183 Å². The van der Waals surface area contributed by atoms with Gasteiger partial charge in [0.05, 0.1) is 24.0 Å². The van der Waals surface area contributed by atoms with E-state index in [0.717, 1.165) is 38.5 Å². The molecule has 3 rings (SSSR count). The van der Waals surface area contributed by atoms with E-state index in [1.807, 2.05) is 25.7 Å². The number of fused-ring (bicyclic) bond motifs is 1. The van der Waals surface area contributed by atoms with Gasteiger partial charge in [0.25, 0.3) is 0 Å². The number of likely N-dealkylation sites (tertiary alicyclic amines) is 1. The van der Waals surface area contributed by atoms with E-state index >= 15 is 0 Å². The van der Waals surface area contributed by atoms with Gasteiger partial charge in [-0.05, 0) is 114 Å². The van der Waals surface area contributed by atoms with Crippen LogP contribution in [0.3, 0.4) is 0 Å². The zero-order valence-electron chi connectivity index (χ0n) is 36.5. The van der Waals surface area contributed by atoms with Gasteiger partial charge in [0.2, 0.25) is 11.8 Å². The summed E-state index contributed by atoms with van der Waals surface area (Å²) < 4.78 is 6.23. The van der Waals surface area contributed by atoms with Crippen LogP contribution < -0.4 is 5.32 Å². The molecule has 0 aromatic carbocycles. The second-order valence-corrected chi connectivity index (χ2v) is 18.4. The number of hydrogen-bond donors (Lipinski definition) is 3. The van der Waals surface area contributed by atoms with Crippen LogP contribution in [-0.2, 0) is 19.1 Å². The molecule has 1 saturated heterocycles. The highest BCUT2D eigenvalue weighted by Gasteiger charge is 2.43. The minimum Gasteiger partial charge on any atom is -0.461 e. The Hall–Kier alpha value is -2.45. The van der Waals surface area contributed by atoms with Gasteiger partial charge in [-0.3, -0.25) is 14.4 Å². The van der Waals surface area contributed by atoms with Crippen molar-refractivity contribution in [2.75, 3.05) is 13.1 Å². The third-order valence-electron chi connectivity index (χ3n) is 13.0. The summed E-state index contributed by atoms with van der Waals surface area (Å²) >= 11 is 0. The van der Waals surface area contributed by atoms with Crippen molar-refractivity contribution in [2.45, 2.75) is 207 Å². The average molecular weight is 783 g/mol. The Labute approximate surface area is 341 Å². The van der Waals surface area contributed by atoms with Gasteiger partial charge < -0.3 is 25.2 Å². The van der Waals surface area contributed by atoms with E-state index in [0.29, 0.717) is 38.3 Å². The minimum atomic E-state index is -0.933. The molecular formula is C48H82N2O6. The molecule has 3 aliphatic rings. The van der Waals surface area contributed by atoms with Crippen molar-refractivity contribution in [3.8, 4) is 0 Å². The first kappa shape index (κ1) is 47.9. The van der Waals surface area contributed by atoms with Crippen LogP contribution in [0.4, 0.5) is 0 Å². The monoisotopic (exact) mass is 783 g/mol. The summed E-state index contributed by atoms with van der Waals surface area (Å²) in [6, 6.07) is -0.00484. The molecule has 0 aromatic rings. The molecule has 1 heterocycles. The summed E-state index contributed by atoms with van der Waals surface area (Å²) in [5, 5.41) is 24.8. The first-order chi connectivity index (χ1) is 26.8. The molecule has 3 N–H and O–H groups in total. The van der Waals surface area contributed by atoms with Crippen molar-refractivity contribution in [1.29, 1.82) is 0 Å². The molecule has 7 atom stereocenters. The minimum absolute atomic E-state index is 0.00484. The lowest BCUT2D eigenvalue weighted by molar-refractivity contribution is -0.164. The molecule has 2 aliphatic carbocycles. The SMILES string of the molecule is CCCCCCCCC=CCCCCCCCC(=O)N1CCC(NC(=O)CC(O)CC(O)CCC2C(C)C=CC3=CC(C)CC(OC(=O)C(C)(C)CC)C32)CC1. The molecule has 0 radical (unpaired) electrons. The third kappa shape index (κ3) is 17.2. The maximum absolute atomic E-state index is 13.1. The van der Waals surface area contributed by atoms with Crippen molar-refractivity contribution in [1.82, 2.24) is 10.2 Å². The lowest BCUT2D eigenvalue weighted by Gasteiger charge is -2.44. The second kappa shape index (κ2) is 25.8. The molecule has 0 bridgehead atoms. The molecule has 1 aliphatic heterocycles. The van der Waals surface area contributed by atoms with Gasteiger partial charge in [0.1, 0.15) is 6.10 Å². The molecule has 1 fully saturated rings. The molecule has 8 nitrogen and oxygen atoms in total. The fourth-order valence-electron chi connectivity index (χ4n) is 8.84. The van der Waals surface area contributed by atoms with Crippen molar-refractivity contribution >= 4 is 17.8 Å². The van der Waals surface area contributed by atoms with Crippen LogP contribution in [0.25, 0.3) is 0 Å². The van der Waals surface area contributed by atoms with E-state index in [1.54, 1.807) is 0 Å². The number of allylic oxidation sites excluding steroid dienone is 5. The van der Waals surface area contributed by atoms with E-state index < -0.39 is 17.6 Å². The summed E-state index contributed by atoms with van der Waals surface area (Å²) in [5.41, 5.74) is 0.688. The molecular weight excluding hydrogens is 701 g/mol. The predicted octanol–water partition coefficient (Wildman–Crippen LogP) is 10.2. The van der Waals surface area contributed by atoms with Crippen molar-refractivity contribution in [3.05, 3.63) is 36.0 Å². The van der Waals surface area contributed by atoms with E-state index in [4.69, 9.17) is 4.74 Å². The zero-order chi connectivity index (χ0) is 40.9. The Morgan fingerprint density at radius 1 is 0.911 bits per heavy atom. The lowest BCUT2D eigenvalue weighted by atomic mass is 9.65. The summed E-state index contributed by atoms with van der Waals surface area (Å²) in [6.45, 7) is 13.8. The van der Waals surface area contributed by atoms with Gasteiger partial charge in [0.15, 0.2) is 0 Å². The quantitative estimate of drug-likeness (QED) is 0.0457. The summed E-state index contributed by atoms with van der Waals surface area (Å²) in [7, 11) is 0. The van der Waals surface area contributed by atoms with Gasteiger partial charge in [-0.1, -0.05) is 109 Å². The van der Waals surface area contributed by atoms with Crippen LogP contribution in [0, 0.1) is 29.1 Å². The molecule has 0 spiro atoms. The molecule has 56 heavy (non-hydrogen) atoms. The number of rotatable bonds is 26. The Morgan fingerprint density at radius 3 is 2.18 bits per heavy atom. The Balaban J connectivity index is 1.28. The number of hydrogen-bond acceptors (Lipinski definition) is 6. The van der Waals surface area contributed by atoms with Crippen LogP contribution in [0.15, 0.2) is 36.0 Å². The molecule has 0 saturated carbocycles.